The van der Waals surface area contributed by atoms with Crippen LogP contribution in [0.25, 0.3) is 11.1 Å². The second kappa shape index (κ2) is 9.64. The highest BCUT2D eigenvalue weighted by Crippen LogP contribution is 2.21. The van der Waals surface area contributed by atoms with E-state index < -0.39 is 16.5 Å². The smallest absolute Gasteiger partial charge is 0.407 e. The zero-order chi connectivity index (χ0) is 24.4. The van der Waals surface area contributed by atoms with Crippen LogP contribution in [0.1, 0.15) is 23.2 Å². The summed E-state index contributed by atoms with van der Waals surface area (Å²) in [5.74, 6) is -1.59. The van der Waals surface area contributed by atoms with Gasteiger partial charge in [-0.25, -0.2) is 9.18 Å². The van der Waals surface area contributed by atoms with Gasteiger partial charge in [0.15, 0.2) is 5.58 Å². The average Bonchev–Trinajstić information content (AvgIpc) is 3.13. The summed E-state index contributed by atoms with van der Waals surface area (Å²) in [5, 5.41) is 10.9. The zero-order valence-electron chi connectivity index (χ0n) is 17.9. The number of halogens is 2. The Morgan fingerprint density at radius 1 is 1.09 bits per heavy atom. The molecule has 1 aliphatic heterocycles. The molecule has 0 atom stereocenters. The number of aromatic nitrogens is 1. The van der Waals surface area contributed by atoms with Gasteiger partial charge in [0.1, 0.15) is 5.82 Å². The number of nitro groups is 1. The second-order valence-corrected chi connectivity index (χ2v) is 8.24. The van der Waals surface area contributed by atoms with Crippen LogP contribution in [0.3, 0.4) is 0 Å². The molecule has 4 rings (SSSR count). The molecular weight excluding hydrogens is 471 g/mol. The molecule has 1 aliphatic rings. The Morgan fingerprint density at radius 3 is 2.47 bits per heavy atom. The number of carbonyl (C=O) groups is 2. The first-order chi connectivity index (χ1) is 16.2. The van der Waals surface area contributed by atoms with Crippen molar-refractivity contribution in [3.05, 3.63) is 73.5 Å². The molecule has 2 amide bonds. The van der Waals surface area contributed by atoms with E-state index in [0.29, 0.717) is 38.1 Å². The fraction of sp³-hybridized carbons (Fsp3) is 0.318. The number of non-ortho nitro benzene ring substituents is 1. The summed E-state index contributed by atoms with van der Waals surface area (Å²) in [4.78, 5) is 50.9. The quantitative estimate of drug-likeness (QED) is 0.387. The van der Waals surface area contributed by atoms with E-state index in [1.807, 2.05) is 0 Å². The number of fused-ring (bicyclic) bond motifs is 1. The normalized spacial score (nSPS) is 13.9. The predicted octanol–water partition coefficient (Wildman–Crippen LogP) is 3.06. The molecule has 12 heteroatoms. The van der Waals surface area contributed by atoms with Crippen molar-refractivity contribution in [2.24, 2.45) is 0 Å². The van der Waals surface area contributed by atoms with Crippen LogP contribution in [0.4, 0.5) is 10.1 Å². The average molecular weight is 491 g/mol. The molecule has 0 saturated carbocycles. The Labute approximate surface area is 197 Å². The third-order valence-electron chi connectivity index (χ3n) is 5.72. The number of hydrogen-bond donors (Lipinski definition) is 0. The molecule has 0 radical (unpaired) electrons. The van der Waals surface area contributed by atoms with Gasteiger partial charge in [-0.15, -0.1) is 0 Å². The Balaban J connectivity index is 1.30. The lowest BCUT2D eigenvalue weighted by molar-refractivity contribution is -0.384. The van der Waals surface area contributed by atoms with Gasteiger partial charge in [-0.1, -0.05) is 11.6 Å². The van der Waals surface area contributed by atoms with Crippen molar-refractivity contribution in [1.29, 1.82) is 0 Å². The van der Waals surface area contributed by atoms with E-state index in [-0.39, 0.29) is 46.6 Å². The first kappa shape index (κ1) is 23.4. The lowest BCUT2D eigenvalue weighted by Crippen LogP contribution is -2.50. The summed E-state index contributed by atoms with van der Waals surface area (Å²) in [6, 6.07) is 7.54. The topological polar surface area (TPSA) is 119 Å². The minimum Gasteiger partial charge on any atom is -0.407 e. The number of oxazole rings is 1. The van der Waals surface area contributed by atoms with Crippen LogP contribution < -0.4 is 5.76 Å². The van der Waals surface area contributed by atoms with E-state index in [1.165, 1.54) is 34.9 Å². The summed E-state index contributed by atoms with van der Waals surface area (Å²) >= 11 is 5.98. The van der Waals surface area contributed by atoms with Crippen molar-refractivity contribution in [2.75, 3.05) is 26.2 Å². The highest BCUT2D eigenvalue weighted by molar-refractivity contribution is 6.33. The van der Waals surface area contributed by atoms with Crippen molar-refractivity contribution in [2.45, 2.75) is 19.4 Å². The molecule has 0 aliphatic carbocycles. The van der Waals surface area contributed by atoms with Gasteiger partial charge in [0, 0.05) is 45.2 Å². The maximum atomic E-state index is 13.2. The van der Waals surface area contributed by atoms with E-state index in [9.17, 15) is 28.9 Å². The van der Waals surface area contributed by atoms with Gasteiger partial charge in [0.2, 0.25) is 5.91 Å². The number of piperazine rings is 1. The van der Waals surface area contributed by atoms with Crippen molar-refractivity contribution < 1.29 is 23.3 Å². The molecule has 1 aromatic heterocycles. The number of aryl methyl sites for hydroxylation is 1. The SMILES string of the molecule is O=C(CCCn1c(=O)oc2cc([N+](=O)[O-])ccc21)N1CCN(C(=O)c2ccc(F)cc2Cl)CC1. The highest BCUT2D eigenvalue weighted by atomic mass is 35.5. The Bertz CT molecular complexity index is 1330. The number of nitrogens with zero attached hydrogens (tertiary/aromatic N) is 4. The largest absolute Gasteiger partial charge is 0.419 e. The van der Waals surface area contributed by atoms with Crippen molar-refractivity contribution in [1.82, 2.24) is 14.4 Å². The number of rotatable bonds is 6. The van der Waals surface area contributed by atoms with E-state index in [2.05, 4.69) is 0 Å². The highest BCUT2D eigenvalue weighted by Gasteiger charge is 2.26. The summed E-state index contributed by atoms with van der Waals surface area (Å²) in [6.07, 6.45) is 0.554. The Morgan fingerprint density at radius 2 is 1.79 bits per heavy atom. The van der Waals surface area contributed by atoms with Crippen LogP contribution in [0.2, 0.25) is 5.02 Å². The molecule has 1 fully saturated rings. The molecular formula is C22H20ClFN4O6. The molecule has 3 aromatic rings. The summed E-state index contributed by atoms with van der Waals surface area (Å²) < 4.78 is 19.7. The van der Waals surface area contributed by atoms with E-state index in [0.717, 1.165) is 6.07 Å². The molecule has 2 aromatic carbocycles. The Hall–Kier alpha value is -3.73. The number of hydrogen-bond acceptors (Lipinski definition) is 6. The van der Waals surface area contributed by atoms with Crippen LogP contribution in [-0.2, 0) is 11.3 Å². The first-order valence-corrected chi connectivity index (χ1v) is 10.9. The monoisotopic (exact) mass is 490 g/mol. The maximum absolute atomic E-state index is 13.2. The van der Waals surface area contributed by atoms with Gasteiger partial charge < -0.3 is 14.2 Å². The number of carbonyl (C=O) groups excluding carboxylic acids is 2. The van der Waals surface area contributed by atoms with E-state index >= 15 is 0 Å². The number of benzene rings is 2. The van der Waals surface area contributed by atoms with Gasteiger partial charge in [-0.3, -0.25) is 24.3 Å². The van der Waals surface area contributed by atoms with Gasteiger partial charge in [0.05, 0.1) is 27.1 Å². The van der Waals surface area contributed by atoms with Crippen molar-refractivity contribution in [3.8, 4) is 0 Å². The lowest BCUT2D eigenvalue weighted by atomic mass is 10.1. The third-order valence-corrected chi connectivity index (χ3v) is 6.03. The van der Waals surface area contributed by atoms with Crippen LogP contribution in [0.5, 0.6) is 0 Å². The fourth-order valence-corrected chi connectivity index (χ4v) is 4.17. The zero-order valence-corrected chi connectivity index (χ0v) is 18.7. The number of amides is 2. The van der Waals surface area contributed by atoms with E-state index in [4.69, 9.17) is 16.0 Å². The molecule has 10 nitrogen and oxygen atoms in total. The van der Waals surface area contributed by atoms with Crippen molar-refractivity contribution >= 4 is 40.2 Å². The van der Waals surface area contributed by atoms with Gasteiger partial charge in [-0.05, 0) is 30.7 Å². The van der Waals surface area contributed by atoms with E-state index in [1.54, 1.807) is 9.80 Å². The molecule has 178 valence electrons. The molecule has 0 N–H and O–H groups in total. The van der Waals surface area contributed by atoms with Gasteiger partial charge in [0.25, 0.3) is 11.6 Å². The van der Waals surface area contributed by atoms with Crippen molar-refractivity contribution in [3.63, 3.8) is 0 Å². The predicted molar refractivity (Wildman–Crippen MR) is 120 cm³/mol. The minimum absolute atomic E-state index is 0.0418. The van der Waals surface area contributed by atoms with Crippen LogP contribution in [0.15, 0.2) is 45.6 Å². The maximum Gasteiger partial charge on any atom is 0.419 e. The molecule has 0 bridgehead atoms. The second-order valence-electron chi connectivity index (χ2n) is 7.83. The summed E-state index contributed by atoms with van der Waals surface area (Å²) in [5.41, 5.74) is 0.580. The number of nitro benzene ring substituents is 1. The fourth-order valence-electron chi connectivity index (χ4n) is 3.92. The minimum atomic E-state index is -0.644. The molecule has 0 unspecified atom stereocenters. The summed E-state index contributed by atoms with van der Waals surface area (Å²) in [7, 11) is 0. The molecule has 1 saturated heterocycles. The summed E-state index contributed by atoms with van der Waals surface area (Å²) in [6.45, 7) is 1.56. The Kier molecular flexibility index (Phi) is 6.64. The third kappa shape index (κ3) is 4.79. The van der Waals surface area contributed by atoms with Crippen LogP contribution in [-0.4, -0.2) is 57.3 Å². The van der Waals surface area contributed by atoms with Crippen LogP contribution >= 0.6 is 11.6 Å². The van der Waals surface area contributed by atoms with Crippen LogP contribution in [0, 0.1) is 15.9 Å². The van der Waals surface area contributed by atoms with Gasteiger partial charge in [-0.2, -0.15) is 0 Å². The lowest BCUT2D eigenvalue weighted by Gasteiger charge is -2.35. The standard InChI is InChI=1S/C22H20ClFN4O6/c23-17-12-14(24)3-5-16(17)21(30)26-10-8-25(9-11-26)20(29)2-1-7-27-18-6-4-15(28(32)33)13-19(18)34-22(27)31/h3-6,12-13H,1-2,7-11H2. The van der Waals surface area contributed by atoms with Gasteiger partial charge >= 0.3 is 5.76 Å². The molecule has 0 spiro atoms. The first-order valence-electron chi connectivity index (χ1n) is 10.5. The molecule has 34 heavy (non-hydrogen) atoms. The molecule has 2 heterocycles.